The minimum Gasteiger partial charge on any atom is -0.373 e. The topological polar surface area (TPSA) is 12.5 Å². The highest BCUT2D eigenvalue weighted by Crippen LogP contribution is 2.18. The average Bonchev–Trinajstić information content (AvgIpc) is 3.19. The minimum absolute atomic E-state index is 0.651. The Bertz CT molecular complexity index is 163. The van der Waals surface area contributed by atoms with Gasteiger partial charge in [0.05, 0.1) is 12.7 Å². The molecule has 1 saturated heterocycles. The normalized spacial score (nSPS) is 18.2. The van der Waals surface area contributed by atoms with Crippen molar-refractivity contribution in [2.24, 2.45) is 0 Å². The molecule has 1 atom stereocenters. The van der Waals surface area contributed by atoms with Crippen LogP contribution in [0.3, 0.4) is 0 Å². The van der Waals surface area contributed by atoms with E-state index in [9.17, 15) is 0 Å². The van der Waals surface area contributed by atoms with Gasteiger partial charge in [-0.05, 0) is 6.42 Å². The first kappa shape index (κ1) is 16.0. The predicted molar refractivity (Wildman–Crippen MR) is 80.1 cm³/mol. The highest BCUT2D eigenvalue weighted by atomic mass is 16.6. The van der Waals surface area contributed by atoms with Crippen LogP contribution in [-0.2, 0) is 4.74 Å². The first-order valence-corrected chi connectivity index (χ1v) is 8.55. The van der Waals surface area contributed by atoms with Gasteiger partial charge in [-0.1, -0.05) is 90.4 Å². The van der Waals surface area contributed by atoms with E-state index < -0.39 is 0 Å². The lowest BCUT2D eigenvalue weighted by atomic mass is 10.0. The fourth-order valence-electron chi connectivity index (χ4n) is 2.62. The molecule has 108 valence electrons. The van der Waals surface area contributed by atoms with Crippen molar-refractivity contribution in [2.45, 2.75) is 103 Å². The molecule has 0 aromatic rings. The van der Waals surface area contributed by atoms with E-state index >= 15 is 0 Å². The average molecular weight is 254 g/mol. The number of hydrogen-bond acceptors (Lipinski definition) is 1. The molecule has 0 aromatic carbocycles. The second-order valence-electron chi connectivity index (χ2n) is 5.99. The van der Waals surface area contributed by atoms with Gasteiger partial charge in [-0.2, -0.15) is 0 Å². The van der Waals surface area contributed by atoms with Crippen LogP contribution < -0.4 is 0 Å². The van der Waals surface area contributed by atoms with E-state index in [-0.39, 0.29) is 0 Å². The molecular weight excluding hydrogens is 220 g/mol. The summed E-state index contributed by atoms with van der Waals surface area (Å²) in [5.41, 5.74) is 0. The molecule has 1 aliphatic heterocycles. The summed E-state index contributed by atoms with van der Waals surface area (Å²) >= 11 is 0. The van der Waals surface area contributed by atoms with Crippen molar-refractivity contribution in [1.82, 2.24) is 0 Å². The zero-order valence-corrected chi connectivity index (χ0v) is 12.6. The zero-order valence-electron chi connectivity index (χ0n) is 12.6. The highest BCUT2D eigenvalue weighted by Gasteiger charge is 2.20. The molecule has 0 bridgehead atoms. The Labute approximate surface area is 115 Å². The van der Waals surface area contributed by atoms with Gasteiger partial charge in [-0.15, -0.1) is 0 Å². The molecular formula is C17H34O. The van der Waals surface area contributed by atoms with E-state index in [2.05, 4.69) is 6.92 Å². The lowest BCUT2D eigenvalue weighted by molar-refractivity contribution is 0.387. The minimum atomic E-state index is 0.651. The standard InChI is InChI=1S/C17H34O/c1-2-3-4-5-6-7-8-9-10-11-12-13-14-15-17-16-18-17/h17H,2-16H2,1H3/t17-/m0/s1. The SMILES string of the molecule is CCCCCCCCCCCCCCC[C@H]1CO1. The molecule has 0 spiro atoms. The Morgan fingerprint density at radius 3 is 1.44 bits per heavy atom. The Morgan fingerprint density at radius 2 is 1.06 bits per heavy atom. The lowest BCUT2D eigenvalue weighted by Crippen LogP contribution is -1.86. The molecule has 18 heavy (non-hydrogen) atoms. The second kappa shape index (κ2) is 12.0. The summed E-state index contributed by atoms with van der Waals surface area (Å²) in [7, 11) is 0. The van der Waals surface area contributed by atoms with Gasteiger partial charge < -0.3 is 4.74 Å². The van der Waals surface area contributed by atoms with Gasteiger partial charge in [0.1, 0.15) is 0 Å². The van der Waals surface area contributed by atoms with Crippen LogP contribution in [0.1, 0.15) is 96.8 Å². The maximum absolute atomic E-state index is 5.22. The van der Waals surface area contributed by atoms with Gasteiger partial charge in [0.15, 0.2) is 0 Å². The van der Waals surface area contributed by atoms with Crippen molar-refractivity contribution in [1.29, 1.82) is 0 Å². The molecule has 0 radical (unpaired) electrons. The molecule has 1 nitrogen and oxygen atoms in total. The molecule has 0 N–H and O–H groups in total. The number of epoxide rings is 1. The van der Waals surface area contributed by atoms with Crippen LogP contribution in [0.5, 0.6) is 0 Å². The second-order valence-corrected chi connectivity index (χ2v) is 5.99. The van der Waals surface area contributed by atoms with Crippen molar-refractivity contribution in [3.8, 4) is 0 Å². The van der Waals surface area contributed by atoms with Gasteiger partial charge in [-0.25, -0.2) is 0 Å². The van der Waals surface area contributed by atoms with Crippen molar-refractivity contribution >= 4 is 0 Å². The molecule has 1 heteroatoms. The van der Waals surface area contributed by atoms with Crippen LogP contribution in [0.25, 0.3) is 0 Å². The summed E-state index contributed by atoms with van der Waals surface area (Å²) < 4.78 is 5.22. The summed E-state index contributed by atoms with van der Waals surface area (Å²) in [5.74, 6) is 0. The number of ether oxygens (including phenoxy) is 1. The van der Waals surface area contributed by atoms with Crippen LogP contribution >= 0.6 is 0 Å². The first-order chi connectivity index (χ1) is 8.93. The highest BCUT2D eigenvalue weighted by molar-refractivity contribution is 4.68. The number of hydrogen-bond donors (Lipinski definition) is 0. The quantitative estimate of drug-likeness (QED) is 0.279. The smallest absolute Gasteiger partial charge is 0.0810 e. The third-order valence-electron chi connectivity index (χ3n) is 4.03. The third kappa shape index (κ3) is 11.1. The molecule has 0 aliphatic carbocycles. The summed E-state index contributed by atoms with van der Waals surface area (Å²) in [6.45, 7) is 3.33. The Morgan fingerprint density at radius 1 is 0.667 bits per heavy atom. The molecule has 1 fully saturated rings. The Balaban J connectivity index is 1.60. The molecule has 0 saturated carbocycles. The van der Waals surface area contributed by atoms with Crippen molar-refractivity contribution in [3.63, 3.8) is 0 Å². The summed E-state index contributed by atoms with van der Waals surface area (Å²) in [6, 6.07) is 0. The maximum Gasteiger partial charge on any atom is 0.0810 e. The molecule has 1 heterocycles. The molecule has 1 rings (SSSR count). The van der Waals surface area contributed by atoms with Crippen LogP contribution in [0.2, 0.25) is 0 Å². The fourth-order valence-corrected chi connectivity index (χ4v) is 2.62. The van der Waals surface area contributed by atoms with Gasteiger partial charge in [0.25, 0.3) is 0 Å². The predicted octanol–water partition coefficient (Wildman–Crippen LogP) is 5.87. The molecule has 0 amide bonds. The van der Waals surface area contributed by atoms with E-state index in [1.54, 1.807) is 0 Å². The lowest BCUT2D eigenvalue weighted by Gasteiger charge is -2.02. The first-order valence-electron chi connectivity index (χ1n) is 8.55. The van der Waals surface area contributed by atoms with E-state index in [1.165, 1.54) is 89.9 Å². The van der Waals surface area contributed by atoms with E-state index in [1.807, 2.05) is 0 Å². The van der Waals surface area contributed by atoms with Crippen molar-refractivity contribution < 1.29 is 4.74 Å². The summed E-state index contributed by atoms with van der Waals surface area (Å²) in [5, 5.41) is 0. The third-order valence-corrected chi connectivity index (χ3v) is 4.03. The zero-order chi connectivity index (χ0) is 12.9. The Hall–Kier alpha value is -0.0400. The van der Waals surface area contributed by atoms with Gasteiger partial charge in [0.2, 0.25) is 0 Å². The molecule has 0 unspecified atom stereocenters. The van der Waals surface area contributed by atoms with E-state index in [4.69, 9.17) is 4.74 Å². The van der Waals surface area contributed by atoms with Gasteiger partial charge >= 0.3 is 0 Å². The Kier molecular flexibility index (Phi) is 10.7. The van der Waals surface area contributed by atoms with Crippen molar-refractivity contribution in [3.05, 3.63) is 0 Å². The summed E-state index contributed by atoms with van der Waals surface area (Å²) in [6.07, 6.45) is 20.8. The maximum atomic E-state index is 5.22. The van der Waals surface area contributed by atoms with Crippen LogP contribution in [0.4, 0.5) is 0 Å². The molecule has 1 aliphatic rings. The van der Waals surface area contributed by atoms with E-state index in [0.717, 1.165) is 6.61 Å². The summed E-state index contributed by atoms with van der Waals surface area (Å²) in [4.78, 5) is 0. The molecule has 0 aromatic heterocycles. The number of unbranched alkanes of at least 4 members (excludes halogenated alkanes) is 12. The van der Waals surface area contributed by atoms with Gasteiger partial charge in [0, 0.05) is 0 Å². The van der Waals surface area contributed by atoms with Crippen LogP contribution in [0, 0.1) is 0 Å². The largest absolute Gasteiger partial charge is 0.373 e. The van der Waals surface area contributed by atoms with Crippen LogP contribution in [0.15, 0.2) is 0 Å². The van der Waals surface area contributed by atoms with Gasteiger partial charge in [-0.3, -0.25) is 0 Å². The fraction of sp³-hybridized carbons (Fsp3) is 1.00. The number of rotatable bonds is 14. The van der Waals surface area contributed by atoms with Crippen LogP contribution in [-0.4, -0.2) is 12.7 Å². The van der Waals surface area contributed by atoms with E-state index in [0.29, 0.717) is 6.10 Å². The van der Waals surface area contributed by atoms with Crippen molar-refractivity contribution in [2.75, 3.05) is 6.61 Å². The monoisotopic (exact) mass is 254 g/mol.